The van der Waals surface area contributed by atoms with E-state index in [1.54, 1.807) is 0 Å². The van der Waals surface area contributed by atoms with E-state index >= 15 is 0 Å². The maximum absolute atomic E-state index is 12.4. The van der Waals surface area contributed by atoms with E-state index in [0.717, 1.165) is 27.6 Å². The van der Waals surface area contributed by atoms with E-state index in [0.29, 0.717) is 11.0 Å². The SMILES string of the molecule is Cc1ccc(-c2nnc(SCC(=O)Nc3cccc4ccccc34)n2N)cc1. The standard InChI is InChI=1S/C21H19N5OS/c1-14-9-11-16(12-10-14)20-24-25-21(26(20)22)28-13-19(27)23-18-8-4-6-15-5-2-3-7-17(15)18/h2-12H,13,22H2,1H3,(H,23,27). The first-order valence-electron chi connectivity index (χ1n) is 8.80. The molecule has 0 aliphatic carbocycles. The minimum Gasteiger partial charge on any atom is -0.335 e. The Morgan fingerprint density at radius 3 is 2.61 bits per heavy atom. The van der Waals surface area contributed by atoms with Crippen LogP contribution in [0.1, 0.15) is 5.56 Å². The molecular formula is C21H19N5OS. The summed E-state index contributed by atoms with van der Waals surface area (Å²) in [6.45, 7) is 2.02. The Kier molecular flexibility index (Phi) is 4.99. The zero-order valence-corrected chi connectivity index (χ0v) is 16.1. The zero-order valence-electron chi connectivity index (χ0n) is 15.3. The van der Waals surface area contributed by atoms with Crippen LogP contribution in [-0.2, 0) is 4.79 Å². The van der Waals surface area contributed by atoms with Crippen LogP contribution in [0.25, 0.3) is 22.2 Å². The van der Waals surface area contributed by atoms with E-state index < -0.39 is 0 Å². The Balaban J connectivity index is 1.44. The lowest BCUT2D eigenvalue weighted by molar-refractivity contribution is -0.113. The molecule has 6 nitrogen and oxygen atoms in total. The number of carbonyl (C=O) groups is 1. The lowest BCUT2D eigenvalue weighted by Crippen LogP contribution is -2.16. The van der Waals surface area contributed by atoms with Crippen LogP contribution >= 0.6 is 11.8 Å². The van der Waals surface area contributed by atoms with E-state index in [2.05, 4.69) is 15.5 Å². The molecule has 0 saturated carbocycles. The van der Waals surface area contributed by atoms with Gasteiger partial charge >= 0.3 is 0 Å². The summed E-state index contributed by atoms with van der Waals surface area (Å²) in [5.41, 5.74) is 2.83. The van der Waals surface area contributed by atoms with Gasteiger partial charge in [-0.2, -0.15) is 0 Å². The van der Waals surface area contributed by atoms with Crippen LogP contribution in [0, 0.1) is 6.92 Å². The van der Waals surface area contributed by atoms with Gasteiger partial charge in [-0.1, -0.05) is 78.0 Å². The molecule has 0 spiro atoms. The van der Waals surface area contributed by atoms with Crippen molar-refractivity contribution < 1.29 is 4.79 Å². The highest BCUT2D eigenvalue weighted by molar-refractivity contribution is 7.99. The van der Waals surface area contributed by atoms with Crippen LogP contribution in [0.5, 0.6) is 0 Å². The van der Waals surface area contributed by atoms with Crippen LogP contribution in [0.3, 0.4) is 0 Å². The van der Waals surface area contributed by atoms with E-state index in [4.69, 9.17) is 5.84 Å². The van der Waals surface area contributed by atoms with Gasteiger partial charge < -0.3 is 11.2 Å². The third-order valence-corrected chi connectivity index (χ3v) is 5.31. The zero-order chi connectivity index (χ0) is 19.5. The fourth-order valence-corrected chi connectivity index (χ4v) is 3.58. The number of hydrogen-bond donors (Lipinski definition) is 2. The number of thioether (sulfide) groups is 1. The molecule has 1 aromatic heterocycles. The first-order valence-corrected chi connectivity index (χ1v) is 9.78. The molecule has 0 bridgehead atoms. The molecule has 1 amide bonds. The van der Waals surface area contributed by atoms with Gasteiger partial charge in [-0.15, -0.1) is 10.2 Å². The Morgan fingerprint density at radius 1 is 1.04 bits per heavy atom. The number of nitrogens with one attached hydrogen (secondary N) is 1. The number of nitrogens with zero attached hydrogens (tertiary/aromatic N) is 3. The highest BCUT2D eigenvalue weighted by Crippen LogP contribution is 2.25. The number of amides is 1. The number of hydrogen-bond acceptors (Lipinski definition) is 5. The van der Waals surface area contributed by atoms with Crippen LogP contribution in [-0.4, -0.2) is 26.5 Å². The second kappa shape index (κ2) is 7.74. The molecule has 3 N–H and O–H groups in total. The van der Waals surface area contributed by atoms with Crippen molar-refractivity contribution in [2.24, 2.45) is 0 Å². The Morgan fingerprint density at radius 2 is 1.79 bits per heavy atom. The predicted octanol–water partition coefficient (Wildman–Crippen LogP) is 3.85. The van der Waals surface area contributed by atoms with Gasteiger partial charge in [-0.3, -0.25) is 4.79 Å². The summed E-state index contributed by atoms with van der Waals surface area (Å²) in [4.78, 5) is 12.4. The number of anilines is 1. The van der Waals surface area contributed by atoms with E-state index in [1.807, 2.05) is 73.7 Å². The van der Waals surface area contributed by atoms with Crippen LogP contribution in [0.2, 0.25) is 0 Å². The minimum atomic E-state index is -0.124. The molecule has 0 aliphatic rings. The van der Waals surface area contributed by atoms with Gasteiger partial charge in [0, 0.05) is 16.6 Å². The summed E-state index contributed by atoms with van der Waals surface area (Å²) in [5, 5.41) is 13.8. The van der Waals surface area contributed by atoms with Crippen LogP contribution < -0.4 is 11.2 Å². The fraction of sp³-hybridized carbons (Fsp3) is 0.0952. The molecule has 0 atom stereocenters. The van der Waals surface area contributed by atoms with E-state index in [-0.39, 0.29) is 11.7 Å². The van der Waals surface area contributed by atoms with Crippen molar-refractivity contribution in [2.45, 2.75) is 12.1 Å². The average Bonchev–Trinajstić information content (AvgIpc) is 3.08. The summed E-state index contributed by atoms with van der Waals surface area (Å²) in [6, 6.07) is 21.7. The molecule has 28 heavy (non-hydrogen) atoms. The van der Waals surface area contributed by atoms with Crippen molar-refractivity contribution in [3.63, 3.8) is 0 Å². The van der Waals surface area contributed by atoms with Crippen molar-refractivity contribution in [3.8, 4) is 11.4 Å². The Labute approximate surface area is 166 Å². The number of fused-ring (bicyclic) bond motifs is 1. The quantitative estimate of drug-likeness (QED) is 0.400. The second-order valence-electron chi connectivity index (χ2n) is 6.41. The van der Waals surface area contributed by atoms with E-state index in [1.165, 1.54) is 16.4 Å². The monoisotopic (exact) mass is 389 g/mol. The van der Waals surface area contributed by atoms with E-state index in [9.17, 15) is 4.79 Å². The number of benzene rings is 3. The van der Waals surface area contributed by atoms with Gasteiger partial charge in [-0.25, -0.2) is 4.68 Å². The Bertz CT molecular complexity index is 1130. The summed E-state index contributed by atoms with van der Waals surface area (Å²) < 4.78 is 1.42. The summed E-state index contributed by atoms with van der Waals surface area (Å²) in [6.07, 6.45) is 0. The first kappa shape index (κ1) is 18.1. The topological polar surface area (TPSA) is 85.8 Å². The molecule has 7 heteroatoms. The molecule has 0 aliphatic heterocycles. The minimum absolute atomic E-state index is 0.124. The van der Waals surface area contributed by atoms with Crippen molar-refractivity contribution in [3.05, 3.63) is 72.3 Å². The molecule has 0 radical (unpaired) electrons. The summed E-state index contributed by atoms with van der Waals surface area (Å²) in [7, 11) is 0. The molecule has 0 unspecified atom stereocenters. The number of rotatable bonds is 5. The lowest BCUT2D eigenvalue weighted by atomic mass is 10.1. The number of nitrogens with two attached hydrogens (primary N) is 1. The Hall–Kier alpha value is -3.32. The van der Waals surface area contributed by atoms with Crippen molar-refractivity contribution in [1.82, 2.24) is 14.9 Å². The molecule has 4 aromatic rings. The third-order valence-electron chi connectivity index (χ3n) is 4.37. The molecule has 3 aromatic carbocycles. The van der Waals surface area contributed by atoms with Crippen molar-refractivity contribution in [2.75, 3.05) is 16.9 Å². The van der Waals surface area contributed by atoms with Gasteiger partial charge in [-0.05, 0) is 18.4 Å². The lowest BCUT2D eigenvalue weighted by Gasteiger charge is -2.08. The largest absolute Gasteiger partial charge is 0.335 e. The number of nitrogen functional groups attached to an aromatic ring is 1. The number of aryl methyl sites for hydroxylation is 1. The first-order chi connectivity index (χ1) is 13.6. The second-order valence-corrected chi connectivity index (χ2v) is 7.35. The maximum atomic E-state index is 12.4. The number of aromatic nitrogens is 3. The van der Waals surface area contributed by atoms with Gasteiger partial charge in [0.2, 0.25) is 11.1 Å². The van der Waals surface area contributed by atoms with Crippen molar-refractivity contribution >= 4 is 34.1 Å². The molecule has 0 saturated heterocycles. The fourth-order valence-electron chi connectivity index (χ4n) is 2.93. The van der Waals surface area contributed by atoms with Gasteiger partial charge in [0.25, 0.3) is 0 Å². The highest BCUT2D eigenvalue weighted by Gasteiger charge is 2.14. The molecule has 0 fully saturated rings. The predicted molar refractivity (Wildman–Crippen MR) is 114 cm³/mol. The normalized spacial score (nSPS) is 10.9. The molecule has 140 valence electrons. The third kappa shape index (κ3) is 3.70. The van der Waals surface area contributed by atoms with Crippen LogP contribution in [0.4, 0.5) is 5.69 Å². The molecule has 1 heterocycles. The van der Waals surface area contributed by atoms with Crippen molar-refractivity contribution in [1.29, 1.82) is 0 Å². The smallest absolute Gasteiger partial charge is 0.234 e. The van der Waals surface area contributed by atoms with Gasteiger partial charge in [0.05, 0.1) is 5.75 Å². The highest BCUT2D eigenvalue weighted by atomic mass is 32.2. The average molecular weight is 389 g/mol. The summed E-state index contributed by atoms with van der Waals surface area (Å²) in [5.74, 6) is 6.76. The van der Waals surface area contributed by atoms with Crippen LogP contribution in [0.15, 0.2) is 71.9 Å². The summed E-state index contributed by atoms with van der Waals surface area (Å²) >= 11 is 1.25. The molecule has 4 rings (SSSR count). The van der Waals surface area contributed by atoms with Gasteiger partial charge in [0.1, 0.15) is 0 Å². The molecular weight excluding hydrogens is 370 g/mol. The maximum Gasteiger partial charge on any atom is 0.234 e. The van der Waals surface area contributed by atoms with Gasteiger partial charge in [0.15, 0.2) is 5.82 Å². The number of carbonyl (C=O) groups excluding carboxylic acids is 1.